The molecular formula is C16H20F3NO3. The molecule has 0 saturated carbocycles. The maximum Gasteiger partial charge on any atom is 0.417 e. The van der Waals surface area contributed by atoms with Gasteiger partial charge in [-0.3, -0.25) is 0 Å². The highest BCUT2D eigenvalue weighted by Gasteiger charge is 2.57. The van der Waals surface area contributed by atoms with Gasteiger partial charge in [0.15, 0.2) is 5.60 Å². The first-order valence-corrected chi connectivity index (χ1v) is 7.00. The average Bonchev–Trinajstić information content (AvgIpc) is 2.59. The van der Waals surface area contributed by atoms with Gasteiger partial charge in [0.05, 0.1) is 2.74 Å². The second-order valence-electron chi connectivity index (χ2n) is 5.22. The van der Waals surface area contributed by atoms with Gasteiger partial charge in [-0.2, -0.15) is 13.2 Å². The summed E-state index contributed by atoms with van der Waals surface area (Å²) in [5.41, 5.74) is -2.28. The van der Waals surface area contributed by atoms with Crippen LogP contribution in [0.25, 0.3) is 0 Å². The van der Waals surface area contributed by atoms with Gasteiger partial charge in [-0.1, -0.05) is 30.3 Å². The van der Waals surface area contributed by atoms with E-state index in [-0.39, 0.29) is 6.61 Å². The molecule has 0 spiro atoms. The molecule has 128 valence electrons. The number of halogens is 3. The summed E-state index contributed by atoms with van der Waals surface area (Å²) in [5, 5.41) is 0. The number of amides is 1. The Morgan fingerprint density at radius 2 is 2.00 bits per heavy atom. The number of piperidine rings is 1. The van der Waals surface area contributed by atoms with Crippen molar-refractivity contribution in [1.82, 2.24) is 4.90 Å². The molecule has 1 aromatic carbocycles. The summed E-state index contributed by atoms with van der Waals surface area (Å²) < 4.78 is 86.4. The molecule has 1 aromatic rings. The number of ether oxygens (including phenoxy) is 2. The molecule has 2 rings (SSSR count). The lowest BCUT2D eigenvalue weighted by Crippen LogP contribution is -2.56. The number of nitrogens with zero attached hydrogens (tertiary/aromatic N) is 1. The second kappa shape index (κ2) is 7.21. The largest absolute Gasteiger partial charge is 0.445 e. The van der Waals surface area contributed by atoms with Gasteiger partial charge < -0.3 is 14.4 Å². The van der Waals surface area contributed by atoms with Crippen LogP contribution in [0.2, 0.25) is 0 Å². The normalized spacial score (nSPS) is 22.2. The van der Waals surface area contributed by atoms with Gasteiger partial charge in [0.1, 0.15) is 6.61 Å². The molecule has 1 aliphatic heterocycles. The molecule has 0 aromatic heterocycles. The van der Waals surface area contributed by atoms with E-state index in [0.29, 0.717) is 5.56 Å². The van der Waals surface area contributed by atoms with Crippen molar-refractivity contribution in [2.45, 2.75) is 38.1 Å². The van der Waals surface area contributed by atoms with E-state index in [1.807, 2.05) is 0 Å². The molecule has 0 bridgehead atoms. The van der Waals surface area contributed by atoms with E-state index in [4.69, 9.17) is 11.6 Å². The van der Waals surface area contributed by atoms with Crippen LogP contribution in [0.3, 0.4) is 0 Å². The highest BCUT2D eigenvalue weighted by atomic mass is 19.4. The van der Waals surface area contributed by atoms with Gasteiger partial charge >= 0.3 is 12.3 Å². The Balaban J connectivity index is 2.03. The SMILES string of the molecule is [2H]C([2H])([2H])C([2H])([2H])OC1(C(F)(F)F)CCN(C(=O)OCc2ccccc2)CC1. The van der Waals surface area contributed by atoms with Crippen LogP contribution in [0.15, 0.2) is 30.3 Å². The molecule has 1 heterocycles. The summed E-state index contributed by atoms with van der Waals surface area (Å²) in [6, 6.07) is 8.73. The first kappa shape index (κ1) is 11.7. The summed E-state index contributed by atoms with van der Waals surface area (Å²) in [4.78, 5) is 13.2. The first-order valence-electron chi connectivity index (χ1n) is 9.50. The van der Waals surface area contributed by atoms with Crippen molar-refractivity contribution >= 4 is 6.09 Å². The maximum absolute atomic E-state index is 13.6. The van der Waals surface area contributed by atoms with E-state index < -0.39 is 57.2 Å². The minimum absolute atomic E-state index is 0.0430. The first-order chi connectivity index (χ1) is 12.8. The van der Waals surface area contributed by atoms with E-state index in [1.54, 1.807) is 30.3 Å². The van der Waals surface area contributed by atoms with Crippen molar-refractivity contribution in [3.05, 3.63) is 35.9 Å². The molecule has 1 aliphatic rings. The second-order valence-corrected chi connectivity index (χ2v) is 5.22. The van der Waals surface area contributed by atoms with Crippen LogP contribution < -0.4 is 0 Å². The van der Waals surface area contributed by atoms with E-state index in [9.17, 15) is 18.0 Å². The number of likely N-dealkylation sites (tertiary alicyclic amines) is 1. The van der Waals surface area contributed by atoms with Gasteiger partial charge in [0, 0.05) is 36.6 Å². The maximum atomic E-state index is 13.6. The zero-order chi connectivity index (χ0) is 21.2. The molecule has 23 heavy (non-hydrogen) atoms. The Morgan fingerprint density at radius 3 is 2.57 bits per heavy atom. The predicted molar refractivity (Wildman–Crippen MR) is 77.8 cm³/mol. The third kappa shape index (κ3) is 4.16. The lowest BCUT2D eigenvalue weighted by molar-refractivity contribution is -0.288. The zero-order valence-electron chi connectivity index (χ0n) is 17.2. The summed E-state index contributed by atoms with van der Waals surface area (Å²) in [7, 11) is 0. The average molecular weight is 336 g/mol. The van der Waals surface area contributed by atoms with Crippen LogP contribution in [0.5, 0.6) is 0 Å². The topological polar surface area (TPSA) is 38.8 Å². The van der Waals surface area contributed by atoms with Crippen LogP contribution in [-0.2, 0) is 16.1 Å². The lowest BCUT2D eigenvalue weighted by Gasteiger charge is -2.41. The molecule has 1 amide bonds. The minimum atomic E-state index is -5.01. The third-order valence-corrected chi connectivity index (χ3v) is 3.80. The number of benzene rings is 1. The van der Waals surface area contributed by atoms with E-state index in [1.165, 1.54) is 0 Å². The van der Waals surface area contributed by atoms with Crippen LogP contribution in [0, 0.1) is 0 Å². The fraction of sp³-hybridized carbons (Fsp3) is 0.562. The van der Waals surface area contributed by atoms with Crippen LogP contribution >= 0.6 is 0 Å². The van der Waals surface area contributed by atoms with Crippen LogP contribution in [0.1, 0.15) is 32.1 Å². The quantitative estimate of drug-likeness (QED) is 0.840. The third-order valence-electron chi connectivity index (χ3n) is 3.80. The molecular weight excluding hydrogens is 311 g/mol. The molecule has 0 N–H and O–H groups in total. The number of carbonyl (C=O) groups excluding carboxylic acids is 1. The molecule has 4 nitrogen and oxygen atoms in total. The smallest absolute Gasteiger partial charge is 0.417 e. The lowest BCUT2D eigenvalue weighted by atomic mass is 9.90. The standard InChI is InChI=1S/C16H20F3NO3/c1-2-23-15(16(17,18)19)8-10-20(11-9-15)14(21)22-12-13-6-4-3-5-7-13/h3-7H,2,8-12H2,1H3/i1D3,2D2. The van der Waals surface area contributed by atoms with E-state index >= 15 is 0 Å². The Labute approximate surface area is 140 Å². The number of alkyl halides is 3. The fourth-order valence-electron chi connectivity index (χ4n) is 2.40. The zero-order valence-corrected chi connectivity index (χ0v) is 12.2. The van der Waals surface area contributed by atoms with Crippen molar-refractivity contribution in [2.75, 3.05) is 19.6 Å². The van der Waals surface area contributed by atoms with Crippen molar-refractivity contribution in [3.63, 3.8) is 0 Å². The van der Waals surface area contributed by atoms with Crippen LogP contribution in [-0.4, -0.2) is 42.4 Å². The van der Waals surface area contributed by atoms with E-state index in [0.717, 1.165) is 4.90 Å². The van der Waals surface area contributed by atoms with Gasteiger partial charge in [-0.15, -0.1) is 0 Å². The van der Waals surface area contributed by atoms with E-state index in [2.05, 4.69) is 4.74 Å². The van der Waals surface area contributed by atoms with Crippen molar-refractivity contribution in [3.8, 4) is 0 Å². The summed E-state index contributed by atoms with van der Waals surface area (Å²) in [5.74, 6) is 0. The fourth-order valence-corrected chi connectivity index (χ4v) is 2.40. The Hall–Kier alpha value is -1.76. The van der Waals surface area contributed by atoms with Crippen molar-refractivity contribution in [1.29, 1.82) is 0 Å². The Bertz CT molecular complexity index is 674. The summed E-state index contributed by atoms with van der Waals surface area (Å²) >= 11 is 0. The molecule has 0 atom stereocenters. The predicted octanol–water partition coefficient (Wildman–Crippen LogP) is 3.76. The van der Waals surface area contributed by atoms with Gasteiger partial charge in [0.2, 0.25) is 0 Å². The Kier molecular flexibility index (Phi) is 3.68. The Morgan fingerprint density at radius 1 is 1.35 bits per heavy atom. The van der Waals surface area contributed by atoms with Crippen molar-refractivity contribution in [2.24, 2.45) is 0 Å². The molecule has 1 fully saturated rings. The summed E-state index contributed by atoms with van der Waals surface area (Å²) in [6.45, 7) is -7.75. The molecule has 7 heteroatoms. The minimum Gasteiger partial charge on any atom is -0.445 e. The van der Waals surface area contributed by atoms with Crippen molar-refractivity contribution < 1.29 is 34.3 Å². The molecule has 0 unspecified atom stereocenters. The highest BCUT2D eigenvalue weighted by Crippen LogP contribution is 2.41. The van der Waals surface area contributed by atoms with Crippen LogP contribution in [0.4, 0.5) is 18.0 Å². The summed E-state index contributed by atoms with van der Waals surface area (Å²) in [6.07, 6.45) is -7.41. The van der Waals surface area contributed by atoms with Gasteiger partial charge in [-0.25, -0.2) is 4.79 Å². The van der Waals surface area contributed by atoms with Gasteiger partial charge in [0.25, 0.3) is 0 Å². The number of hydrogen-bond acceptors (Lipinski definition) is 3. The highest BCUT2D eigenvalue weighted by molar-refractivity contribution is 5.67. The monoisotopic (exact) mass is 336 g/mol. The molecule has 0 radical (unpaired) electrons. The number of carbonyl (C=O) groups is 1. The van der Waals surface area contributed by atoms with Gasteiger partial charge in [-0.05, 0) is 12.4 Å². The number of rotatable bonds is 4. The molecule has 0 aliphatic carbocycles. The number of hydrogen-bond donors (Lipinski definition) is 0. The molecule has 1 saturated heterocycles.